The first-order valence-corrected chi connectivity index (χ1v) is 15.1. The average molecular weight is 597 g/mol. The Balaban J connectivity index is 1.25. The maximum Gasteiger partial charge on any atom is 0.243 e. The quantitative estimate of drug-likeness (QED) is 0.378. The number of aromatic nitrogens is 7. The minimum atomic E-state index is -0.504. The molecule has 0 radical (unpaired) electrons. The van der Waals surface area contributed by atoms with Gasteiger partial charge in [0.25, 0.3) is 0 Å². The van der Waals surface area contributed by atoms with E-state index in [1.807, 2.05) is 68.4 Å². The molecule has 13 nitrogen and oxygen atoms in total. The van der Waals surface area contributed by atoms with Crippen molar-refractivity contribution in [2.75, 3.05) is 19.6 Å². The molecule has 3 amide bonds. The second-order valence-corrected chi connectivity index (χ2v) is 11.3. The first kappa shape index (κ1) is 29.1. The number of nitrogens with zero attached hydrogens (tertiary/aromatic N) is 9. The summed E-state index contributed by atoms with van der Waals surface area (Å²) in [5.74, 6) is 1.56. The minimum absolute atomic E-state index is 0.0405. The first-order chi connectivity index (χ1) is 21.4. The Hall–Kier alpha value is -4.94. The number of hydrogen-bond donors (Lipinski definition) is 1. The fraction of sp³-hybridized carbons (Fsp3) is 0.419. The molecule has 2 aliphatic rings. The van der Waals surface area contributed by atoms with Gasteiger partial charge in [-0.1, -0.05) is 42.5 Å². The fourth-order valence-corrected chi connectivity index (χ4v) is 5.91. The van der Waals surface area contributed by atoms with Gasteiger partial charge in [0.2, 0.25) is 17.7 Å². The predicted molar refractivity (Wildman–Crippen MR) is 160 cm³/mol. The van der Waals surface area contributed by atoms with E-state index in [9.17, 15) is 14.4 Å². The van der Waals surface area contributed by atoms with Gasteiger partial charge in [-0.15, -0.1) is 5.10 Å². The van der Waals surface area contributed by atoms with Gasteiger partial charge in [-0.3, -0.25) is 14.4 Å². The lowest BCUT2D eigenvalue weighted by molar-refractivity contribution is -0.139. The Morgan fingerprint density at radius 2 is 1.77 bits per heavy atom. The van der Waals surface area contributed by atoms with Crippen LogP contribution >= 0.6 is 0 Å². The van der Waals surface area contributed by atoms with Gasteiger partial charge in [0, 0.05) is 31.6 Å². The molecule has 6 rings (SSSR count). The summed E-state index contributed by atoms with van der Waals surface area (Å²) in [6.45, 7) is 5.45. The highest BCUT2D eigenvalue weighted by Gasteiger charge is 2.35. The van der Waals surface area contributed by atoms with Crippen LogP contribution in [0, 0.1) is 6.92 Å². The Morgan fingerprint density at radius 1 is 0.977 bits per heavy atom. The van der Waals surface area contributed by atoms with Crippen LogP contribution < -0.4 is 5.32 Å². The molecule has 0 aliphatic carbocycles. The molecule has 2 aromatic carbocycles. The van der Waals surface area contributed by atoms with Crippen LogP contribution in [0.3, 0.4) is 0 Å². The monoisotopic (exact) mass is 596 g/mol. The summed E-state index contributed by atoms with van der Waals surface area (Å²) < 4.78 is 3.43. The van der Waals surface area contributed by atoms with Crippen molar-refractivity contribution < 1.29 is 14.4 Å². The summed E-state index contributed by atoms with van der Waals surface area (Å²) in [4.78, 5) is 48.5. The zero-order chi connectivity index (χ0) is 30.6. The predicted octanol–water partition coefficient (Wildman–Crippen LogP) is 2.26. The van der Waals surface area contributed by atoms with Crippen molar-refractivity contribution in [3.8, 4) is 17.1 Å². The third-order valence-corrected chi connectivity index (χ3v) is 8.27. The van der Waals surface area contributed by atoms with Gasteiger partial charge < -0.3 is 15.1 Å². The van der Waals surface area contributed by atoms with Crippen LogP contribution in [0.2, 0.25) is 0 Å². The van der Waals surface area contributed by atoms with E-state index < -0.39 is 12.1 Å². The maximum atomic E-state index is 13.7. The van der Waals surface area contributed by atoms with E-state index in [4.69, 9.17) is 10.1 Å². The molecule has 1 saturated heterocycles. The third kappa shape index (κ3) is 6.21. The smallest absolute Gasteiger partial charge is 0.243 e. The number of fused-ring (bicyclic) bond motifs is 2. The molecule has 0 saturated carbocycles. The number of carbonyl (C=O) groups excluding carboxylic acids is 3. The van der Waals surface area contributed by atoms with E-state index in [0.717, 1.165) is 23.2 Å². The Labute approximate surface area is 255 Å². The summed E-state index contributed by atoms with van der Waals surface area (Å²) in [6.07, 6.45) is 2.40. The molecule has 13 heteroatoms. The molecule has 2 atom stereocenters. The van der Waals surface area contributed by atoms with Gasteiger partial charge in [-0.25, -0.2) is 9.67 Å². The molecule has 2 aliphatic heterocycles. The molecule has 44 heavy (non-hydrogen) atoms. The number of aryl methyl sites for hydroxylation is 1. The molecule has 228 valence electrons. The number of amides is 3. The second kappa shape index (κ2) is 12.7. The van der Waals surface area contributed by atoms with Crippen molar-refractivity contribution in [1.82, 2.24) is 50.1 Å². The van der Waals surface area contributed by atoms with Crippen molar-refractivity contribution in [2.45, 2.75) is 64.6 Å². The van der Waals surface area contributed by atoms with Crippen molar-refractivity contribution in [2.24, 2.45) is 0 Å². The van der Waals surface area contributed by atoms with Crippen LogP contribution in [0.4, 0.5) is 0 Å². The molecular weight excluding hydrogens is 560 g/mol. The largest absolute Gasteiger partial charge is 0.345 e. The van der Waals surface area contributed by atoms with Gasteiger partial charge in [0.05, 0.1) is 24.7 Å². The maximum absolute atomic E-state index is 13.7. The SMILES string of the molecule is Cc1nnnn1-c1ccc(CC(=O)N2CCCC(=O)N3CCC[C@H]3C(=O)N[C@@H](C)c3nc(-c4ccccc4)nn3CC2)cc1. The molecule has 1 fully saturated rings. The summed E-state index contributed by atoms with van der Waals surface area (Å²) in [6, 6.07) is 16.3. The van der Waals surface area contributed by atoms with Crippen molar-refractivity contribution in [1.29, 1.82) is 0 Å². The molecular formula is C31H36N10O3. The molecule has 2 aromatic heterocycles. The minimum Gasteiger partial charge on any atom is -0.345 e. The van der Waals surface area contributed by atoms with Gasteiger partial charge in [-0.2, -0.15) is 9.78 Å². The zero-order valence-corrected chi connectivity index (χ0v) is 25.0. The van der Waals surface area contributed by atoms with Crippen LogP contribution in [-0.2, 0) is 27.3 Å². The lowest BCUT2D eigenvalue weighted by atomic mass is 10.1. The summed E-state index contributed by atoms with van der Waals surface area (Å²) in [5, 5.41) is 19.5. The van der Waals surface area contributed by atoms with Crippen LogP contribution in [0.1, 0.15) is 55.9 Å². The van der Waals surface area contributed by atoms with Gasteiger partial charge in [0.15, 0.2) is 11.6 Å². The number of benzene rings is 2. The van der Waals surface area contributed by atoms with Crippen molar-refractivity contribution in [3.63, 3.8) is 0 Å². The standard InChI is InChI=1S/C31H36N10O3/c1-21-30-33-29(24-8-4-3-5-9-24)35-40(30)19-18-38(16-7-11-27(42)39-17-6-10-26(39)31(44)32-21)28(43)20-23-12-14-25(15-13-23)41-22(2)34-36-37-41/h3-5,8-9,12-15,21,26H,6-7,10-11,16-20H2,1-2H3,(H,32,44)/t21-,26-/m0/s1. The molecule has 1 N–H and O–H groups in total. The van der Waals surface area contributed by atoms with E-state index >= 15 is 0 Å². The van der Waals surface area contributed by atoms with Crippen LogP contribution in [-0.4, -0.2) is 88.2 Å². The number of hydrogen-bond acceptors (Lipinski definition) is 8. The number of nitrogens with one attached hydrogen (secondary N) is 1. The zero-order valence-electron chi connectivity index (χ0n) is 25.0. The second-order valence-electron chi connectivity index (χ2n) is 11.3. The van der Waals surface area contributed by atoms with Gasteiger partial charge in [-0.05, 0) is 61.2 Å². The first-order valence-electron chi connectivity index (χ1n) is 15.1. The molecule has 0 bridgehead atoms. The van der Waals surface area contributed by atoms with Gasteiger partial charge in [0.1, 0.15) is 11.9 Å². The Kier molecular flexibility index (Phi) is 8.44. The third-order valence-electron chi connectivity index (χ3n) is 8.27. The Bertz CT molecular complexity index is 1630. The molecule has 0 spiro atoms. The summed E-state index contributed by atoms with van der Waals surface area (Å²) >= 11 is 0. The normalized spacial score (nSPS) is 19.7. The lowest BCUT2D eigenvalue weighted by Gasteiger charge is -2.28. The van der Waals surface area contributed by atoms with Crippen LogP contribution in [0.15, 0.2) is 54.6 Å². The average Bonchev–Trinajstić information content (AvgIpc) is 3.79. The molecule has 4 aromatic rings. The number of carbonyl (C=O) groups is 3. The van der Waals surface area contributed by atoms with E-state index in [1.165, 1.54) is 0 Å². The van der Waals surface area contributed by atoms with E-state index in [2.05, 4.69) is 20.8 Å². The highest BCUT2D eigenvalue weighted by atomic mass is 16.2. The topological polar surface area (TPSA) is 144 Å². The fourth-order valence-electron chi connectivity index (χ4n) is 5.91. The summed E-state index contributed by atoms with van der Waals surface area (Å²) in [7, 11) is 0. The van der Waals surface area contributed by atoms with E-state index in [0.29, 0.717) is 56.5 Å². The number of rotatable bonds is 4. The van der Waals surface area contributed by atoms with E-state index in [-0.39, 0.29) is 30.6 Å². The van der Waals surface area contributed by atoms with Crippen LogP contribution in [0.25, 0.3) is 17.1 Å². The van der Waals surface area contributed by atoms with E-state index in [1.54, 1.807) is 19.2 Å². The summed E-state index contributed by atoms with van der Waals surface area (Å²) in [5.41, 5.74) is 2.55. The number of tetrazole rings is 1. The molecule has 0 unspecified atom stereocenters. The van der Waals surface area contributed by atoms with Crippen LogP contribution in [0.5, 0.6) is 0 Å². The highest BCUT2D eigenvalue weighted by Crippen LogP contribution is 2.23. The van der Waals surface area contributed by atoms with Gasteiger partial charge >= 0.3 is 0 Å². The Morgan fingerprint density at radius 3 is 2.52 bits per heavy atom. The lowest BCUT2D eigenvalue weighted by Crippen LogP contribution is -2.47. The van der Waals surface area contributed by atoms with Crippen molar-refractivity contribution in [3.05, 3.63) is 71.8 Å². The van der Waals surface area contributed by atoms with Crippen molar-refractivity contribution >= 4 is 17.7 Å². The molecule has 4 heterocycles. The highest BCUT2D eigenvalue weighted by molar-refractivity contribution is 5.88.